The molecule has 2 aliphatic rings. The molecule has 24 heavy (non-hydrogen) atoms. The van der Waals surface area contributed by atoms with Gasteiger partial charge in [0.15, 0.2) is 0 Å². The van der Waals surface area contributed by atoms with Crippen molar-refractivity contribution >= 4 is 5.91 Å². The van der Waals surface area contributed by atoms with Crippen LogP contribution in [-0.2, 0) is 0 Å². The predicted molar refractivity (Wildman–Crippen MR) is 93.8 cm³/mol. The summed E-state index contributed by atoms with van der Waals surface area (Å²) in [7, 11) is 0. The third-order valence-electron chi connectivity index (χ3n) is 5.44. The summed E-state index contributed by atoms with van der Waals surface area (Å²) in [6.07, 6.45) is 0. The molecular formula is C20H23N3O. The largest absolute Gasteiger partial charge is 0.330 e. The second-order valence-corrected chi connectivity index (χ2v) is 7.01. The van der Waals surface area contributed by atoms with Crippen LogP contribution in [0.25, 0.3) is 0 Å². The maximum atomic E-state index is 13.2. The van der Waals surface area contributed by atoms with Gasteiger partial charge in [-0.1, -0.05) is 30.3 Å². The monoisotopic (exact) mass is 321 g/mol. The quantitative estimate of drug-likeness (QED) is 0.925. The zero-order valence-corrected chi connectivity index (χ0v) is 14.2. The van der Waals surface area contributed by atoms with E-state index in [2.05, 4.69) is 46.4 Å². The Hall–Kier alpha value is -2.20. The smallest absolute Gasteiger partial charge is 0.272 e. The lowest BCUT2D eigenvalue weighted by molar-refractivity contribution is 0.0707. The molecule has 3 atom stereocenters. The van der Waals surface area contributed by atoms with Crippen molar-refractivity contribution in [3.05, 3.63) is 65.0 Å². The van der Waals surface area contributed by atoms with Crippen molar-refractivity contribution in [2.24, 2.45) is 11.8 Å². The number of amides is 1. The number of nitrogens with one attached hydrogen (secondary N) is 1. The molecule has 1 aromatic heterocycles. The standard InChI is InChI=1S/C20H23N3O/c1-13-6-3-4-8-16(13)19-17-11-21-10-15(17)12-23(19)20(24)18-9-5-7-14(2)22-18/h3-9,15,17,19,21H,10-12H2,1-2H3/t15-,17-,19-/m0/s1. The third kappa shape index (κ3) is 2.51. The molecule has 1 amide bonds. The molecule has 1 N–H and O–H groups in total. The van der Waals surface area contributed by atoms with Gasteiger partial charge in [0.1, 0.15) is 5.69 Å². The summed E-state index contributed by atoms with van der Waals surface area (Å²) >= 11 is 0. The maximum Gasteiger partial charge on any atom is 0.272 e. The van der Waals surface area contributed by atoms with Crippen LogP contribution in [0.4, 0.5) is 0 Å². The highest BCUT2D eigenvalue weighted by molar-refractivity contribution is 5.93. The Bertz CT molecular complexity index is 773. The third-order valence-corrected chi connectivity index (χ3v) is 5.44. The highest BCUT2D eigenvalue weighted by atomic mass is 16.2. The lowest BCUT2D eigenvalue weighted by Gasteiger charge is -2.29. The molecule has 2 aliphatic heterocycles. The van der Waals surface area contributed by atoms with Gasteiger partial charge in [-0.25, -0.2) is 4.98 Å². The fraction of sp³-hybridized carbons (Fsp3) is 0.400. The predicted octanol–water partition coefficient (Wildman–Crippen LogP) is 2.73. The number of rotatable bonds is 2. The van der Waals surface area contributed by atoms with Gasteiger partial charge >= 0.3 is 0 Å². The van der Waals surface area contributed by atoms with Crippen LogP contribution in [0.2, 0.25) is 0 Å². The molecule has 0 spiro atoms. The van der Waals surface area contributed by atoms with Crippen LogP contribution in [0.15, 0.2) is 42.5 Å². The van der Waals surface area contributed by atoms with Crippen molar-refractivity contribution < 1.29 is 4.79 Å². The minimum atomic E-state index is 0.0568. The van der Waals surface area contributed by atoms with Crippen molar-refractivity contribution in [1.29, 1.82) is 0 Å². The van der Waals surface area contributed by atoms with Gasteiger partial charge in [0.25, 0.3) is 5.91 Å². The molecule has 2 saturated heterocycles. The van der Waals surface area contributed by atoms with Crippen molar-refractivity contribution in [3.8, 4) is 0 Å². The number of hydrogen-bond acceptors (Lipinski definition) is 3. The van der Waals surface area contributed by atoms with E-state index in [1.165, 1.54) is 11.1 Å². The van der Waals surface area contributed by atoms with E-state index >= 15 is 0 Å². The van der Waals surface area contributed by atoms with E-state index in [1.807, 2.05) is 25.1 Å². The Balaban J connectivity index is 1.73. The SMILES string of the molecule is Cc1cccc(C(=O)N2C[C@@H]3CNC[C@@H]3[C@@H]2c2ccccc2C)n1. The first-order chi connectivity index (χ1) is 11.6. The Morgan fingerprint density at radius 1 is 1.12 bits per heavy atom. The van der Waals surface area contributed by atoms with Crippen LogP contribution in [0.1, 0.15) is 33.4 Å². The van der Waals surface area contributed by atoms with Gasteiger partial charge in [-0.05, 0) is 43.0 Å². The summed E-state index contributed by atoms with van der Waals surface area (Å²) in [5, 5.41) is 3.50. The molecule has 0 unspecified atom stereocenters. The molecule has 1 aromatic carbocycles. The molecule has 0 aliphatic carbocycles. The van der Waals surface area contributed by atoms with Gasteiger partial charge in [0.05, 0.1) is 6.04 Å². The van der Waals surface area contributed by atoms with E-state index in [0.29, 0.717) is 17.5 Å². The summed E-state index contributed by atoms with van der Waals surface area (Å²) in [6.45, 7) is 6.86. The van der Waals surface area contributed by atoms with E-state index in [9.17, 15) is 4.79 Å². The zero-order chi connectivity index (χ0) is 16.7. The number of aryl methyl sites for hydroxylation is 2. The van der Waals surface area contributed by atoms with Crippen LogP contribution in [0.5, 0.6) is 0 Å². The molecule has 2 aromatic rings. The number of carbonyl (C=O) groups is 1. The van der Waals surface area contributed by atoms with Gasteiger partial charge in [0, 0.05) is 31.2 Å². The van der Waals surface area contributed by atoms with E-state index in [1.54, 1.807) is 0 Å². The molecule has 4 rings (SSSR count). The summed E-state index contributed by atoms with van der Waals surface area (Å²) in [5.74, 6) is 1.07. The summed E-state index contributed by atoms with van der Waals surface area (Å²) in [5.41, 5.74) is 3.97. The topological polar surface area (TPSA) is 45.2 Å². The van der Waals surface area contributed by atoms with Crippen LogP contribution in [0, 0.1) is 25.7 Å². The molecule has 4 heteroatoms. The van der Waals surface area contributed by atoms with Crippen molar-refractivity contribution in [2.45, 2.75) is 19.9 Å². The minimum Gasteiger partial charge on any atom is -0.330 e. The number of carbonyl (C=O) groups excluding carboxylic acids is 1. The molecule has 3 heterocycles. The fourth-order valence-corrected chi connectivity index (χ4v) is 4.26. The maximum absolute atomic E-state index is 13.2. The average Bonchev–Trinajstić information content (AvgIpc) is 3.16. The molecule has 124 valence electrons. The van der Waals surface area contributed by atoms with Gasteiger partial charge in [-0.3, -0.25) is 4.79 Å². The van der Waals surface area contributed by atoms with Gasteiger partial charge in [0.2, 0.25) is 0 Å². The first-order valence-corrected chi connectivity index (χ1v) is 8.66. The molecule has 2 fully saturated rings. The van der Waals surface area contributed by atoms with Gasteiger partial charge in [-0.15, -0.1) is 0 Å². The number of fused-ring (bicyclic) bond motifs is 1. The Labute approximate surface area is 142 Å². The molecule has 0 saturated carbocycles. The average molecular weight is 321 g/mol. The number of aromatic nitrogens is 1. The number of nitrogens with zero attached hydrogens (tertiary/aromatic N) is 2. The van der Waals surface area contributed by atoms with Crippen molar-refractivity contribution in [2.75, 3.05) is 19.6 Å². The summed E-state index contributed by atoms with van der Waals surface area (Å²) < 4.78 is 0. The molecule has 0 radical (unpaired) electrons. The molecule has 4 nitrogen and oxygen atoms in total. The first-order valence-electron chi connectivity index (χ1n) is 8.66. The number of pyridine rings is 1. The van der Waals surface area contributed by atoms with Crippen LogP contribution in [0.3, 0.4) is 0 Å². The summed E-state index contributed by atoms with van der Waals surface area (Å²) in [6, 6.07) is 14.3. The Morgan fingerprint density at radius 2 is 1.96 bits per heavy atom. The van der Waals surface area contributed by atoms with E-state index in [0.717, 1.165) is 25.3 Å². The van der Waals surface area contributed by atoms with E-state index in [4.69, 9.17) is 0 Å². The van der Waals surface area contributed by atoms with Crippen LogP contribution >= 0.6 is 0 Å². The second-order valence-electron chi connectivity index (χ2n) is 7.01. The first kappa shape index (κ1) is 15.3. The second kappa shape index (κ2) is 6.02. The lowest BCUT2D eigenvalue weighted by atomic mass is 9.87. The summed E-state index contributed by atoms with van der Waals surface area (Å²) in [4.78, 5) is 19.7. The lowest BCUT2D eigenvalue weighted by Crippen LogP contribution is -2.35. The Morgan fingerprint density at radius 3 is 2.75 bits per heavy atom. The molecule has 0 bridgehead atoms. The normalized spacial score (nSPS) is 25.8. The van der Waals surface area contributed by atoms with Gasteiger partial charge in [-0.2, -0.15) is 0 Å². The molecular weight excluding hydrogens is 298 g/mol. The van der Waals surface area contributed by atoms with Crippen molar-refractivity contribution in [3.63, 3.8) is 0 Å². The highest BCUT2D eigenvalue weighted by Gasteiger charge is 2.47. The van der Waals surface area contributed by atoms with Crippen LogP contribution in [-0.4, -0.2) is 35.4 Å². The van der Waals surface area contributed by atoms with E-state index < -0.39 is 0 Å². The van der Waals surface area contributed by atoms with Gasteiger partial charge < -0.3 is 10.2 Å². The fourth-order valence-electron chi connectivity index (χ4n) is 4.26. The van der Waals surface area contributed by atoms with E-state index in [-0.39, 0.29) is 11.9 Å². The number of likely N-dealkylation sites (tertiary alicyclic amines) is 1. The van der Waals surface area contributed by atoms with Crippen LogP contribution < -0.4 is 5.32 Å². The van der Waals surface area contributed by atoms with Crippen molar-refractivity contribution in [1.82, 2.24) is 15.2 Å². The Kier molecular flexibility index (Phi) is 3.85. The minimum absolute atomic E-state index is 0.0568. The zero-order valence-electron chi connectivity index (χ0n) is 14.2. The number of benzene rings is 1. The number of hydrogen-bond donors (Lipinski definition) is 1. The highest BCUT2D eigenvalue weighted by Crippen LogP contribution is 2.44.